The molecule has 16 heavy (non-hydrogen) atoms. The number of carbonyl (C=O) groups is 1. The second kappa shape index (κ2) is 4.39. The maximum absolute atomic E-state index is 12.5. The Balaban J connectivity index is 1.93. The van der Waals surface area contributed by atoms with E-state index in [9.17, 15) is 9.18 Å². The number of halogens is 1. The van der Waals surface area contributed by atoms with Crippen LogP contribution in [0.15, 0.2) is 30.7 Å². The summed E-state index contributed by atoms with van der Waals surface area (Å²) in [4.78, 5) is 21.2. The van der Waals surface area contributed by atoms with Gasteiger partial charge in [0.2, 0.25) is 5.95 Å². The molecule has 0 spiro atoms. The lowest BCUT2D eigenvalue weighted by atomic mass is 10.4. The van der Waals surface area contributed by atoms with E-state index in [1.54, 1.807) is 0 Å². The molecule has 2 aromatic rings. The van der Waals surface area contributed by atoms with Crippen molar-refractivity contribution in [2.24, 2.45) is 0 Å². The van der Waals surface area contributed by atoms with Gasteiger partial charge < -0.3 is 4.98 Å². The maximum Gasteiger partial charge on any atom is 0.305 e. The van der Waals surface area contributed by atoms with Crippen molar-refractivity contribution >= 4 is 11.6 Å². The van der Waals surface area contributed by atoms with Crippen molar-refractivity contribution in [1.29, 1.82) is 0 Å². The molecule has 0 aliphatic carbocycles. The molecule has 0 aromatic carbocycles. The van der Waals surface area contributed by atoms with E-state index in [4.69, 9.17) is 0 Å². The highest BCUT2D eigenvalue weighted by molar-refractivity contribution is 5.91. The third kappa shape index (κ3) is 2.32. The number of hydrazine groups is 1. The third-order valence-electron chi connectivity index (χ3n) is 1.76. The Morgan fingerprint density at radius 1 is 1.38 bits per heavy atom. The summed E-state index contributed by atoms with van der Waals surface area (Å²) in [6.07, 6.45) is 4.26. The average Bonchev–Trinajstić information content (AvgIpc) is 2.81. The van der Waals surface area contributed by atoms with Crippen LogP contribution in [-0.2, 0) is 0 Å². The predicted molar refractivity (Wildman–Crippen MR) is 53.9 cm³/mol. The molecular weight excluding hydrogens is 213 g/mol. The van der Waals surface area contributed by atoms with Crippen LogP contribution in [0.2, 0.25) is 0 Å². The minimum atomic E-state index is -0.581. The smallest absolute Gasteiger partial charge is 0.305 e. The van der Waals surface area contributed by atoms with E-state index in [1.165, 1.54) is 30.7 Å². The molecule has 2 aromatic heterocycles. The van der Waals surface area contributed by atoms with Crippen LogP contribution in [0.3, 0.4) is 0 Å². The topological polar surface area (TPSA) is 82.7 Å². The van der Waals surface area contributed by atoms with E-state index in [1.807, 2.05) is 0 Å². The monoisotopic (exact) mass is 221 g/mol. The summed E-state index contributed by atoms with van der Waals surface area (Å²) in [5.41, 5.74) is 5.42. The molecule has 3 N–H and O–H groups in total. The molecule has 2 rings (SSSR count). The lowest BCUT2D eigenvalue weighted by molar-refractivity contribution is 0.0953. The number of nitrogens with one attached hydrogen (secondary N) is 3. The standard InChI is InChI=1S/C9H8FN5O/c10-7-2-1-6(5-13-7)14-15-9(16)8-11-3-4-12-8/h1-5,14H,(H,11,12)(H,15,16). The van der Waals surface area contributed by atoms with Crippen LogP contribution in [0.1, 0.15) is 10.6 Å². The fourth-order valence-corrected chi connectivity index (χ4v) is 1.03. The number of hydrogen-bond acceptors (Lipinski definition) is 4. The van der Waals surface area contributed by atoms with Crippen molar-refractivity contribution in [3.63, 3.8) is 0 Å². The number of nitrogens with zero attached hydrogens (tertiary/aromatic N) is 2. The van der Waals surface area contributed by atoms with Gasteiger partial charge >= 0.3 is 5.91 Å². The lowest BCUT2D eigenvalue weighted by Crippen LogP contribution is -2.30. The summed E-state index contributed by atoms with van der Waals surface area (Å²) in [6, 6.07) is 2.63. The molecule has 0 saturated carbocycles. The molecule has 0 atom stereocenters. The lowest BCUT2D eigenvalue weighted by Gasteiger charge is -2.05. The quantitative estimate of drug-likeness (QED) is 0.526. The van der Waals surface area contributed by atoms with Gasteiger partial charge in [-0.2, -0.15) is 4.39 Å². The average molecular weight is 221 g/mol. The number of amides is 1. The molecule has 6 nitrogen and oxygen atoms in total. The van der Waals surface area contributed by atoms with Gasteiger partial charge in [0.25, 0.3) is 0 Å². The van der Waals surface area contributed by atoms with Crippen LogP contribution < -0.4 is 10.9 Å². The SMILES string of the molecule is O=C(NNc1ccc(F)nc1)c1ncc[nH]1. The first-order valence-corrected chi connectivity index (χ1v) is 4.43. The number of imidazole rings is 1. The number of hydrogen-bond donors (Lipinski definition) is 3. The van der Waals surface area contributed by atoms with Crippen LogP contribution in [0.4, 0.5) is 10.1 Å². The van der Waals surface area contributed by atoms with Crippen molar-refractivity contribution in [2.75, 3.05) is 5.43 Å². The Morgan fingerprint density at radius 2 is 2.25 bits per heavy atom. The van der Waals surface area contributed by atoms with E-state index in [0.29, 0.717) is 5.69 Å². The molecule has 2 heterocycles. The van der Waals surface area contributed by atoms with Gasteiger partial charge in [-0.05, 0) is 12.1 Å². The van der Waals surface area contributed by atoms with E-state index in [0.717, 1.165) is 0 Å². The van der Waals surface area contributed by atoms with Crippen LogP contribution in [0.5, 0.6) is 0 Å². The molecule has 1 amide bonds. The zero-order chi connectivity index (χ0) is 11.4. The molecule has 82 valence electrons. The van der Waals surface area contributed by atoms with Crippen LogP contribution in [0.25, 0.3) is 0 Å². The Morgan fingerprint density at radius 3 is 2.88 bits per heavy atom. The number of aromatic nitrogens is 3. The summed E-state index contributed by atoms with van der Waals surface area (Å²) < 4.78 is 12.5. The van der Waals surface area contributed by atoms with Crippen LogP contribution >= 0.6 is 0 Å². The number of H-pyrrole nitrogens is 1. The molecule has 0 aliphatic rings. The van der Waals surface area contributed by atoms with Crippen LogP contribution in [0, 0.1) is 5.95 Å². The third-order valence-corrected chi connectivity index (χ3v) is 1.76. The Labute approximate surface area is 89.9 Å². The van der Waals surface area contributed by atoms with Crippen molar-refractivity contribution in [3.05, 3.63) is 42.5 Å². The number of aromatic amines is 1. The number of carbonyl (C=O) groups excluding carboxylic acids is 1. The fourth-order valence-electron chi connectivity index (χ4n) is 1.03. The molecule has 0 aliphatic heterocycles. The summed E-state index contributed by atoms with van der Waals surface area (Å²) in [7, 11) is 0. The number of pyridine rings is 1. The van der Waals surface area contributed by atoms with E-state index in [2.05, 4.69) is 25.8 Å². The Hall–Kier alpha value is -2.44. The molecule has 0 saturated heterocycles. The molecular formula is C9H8FN5O. The minimum Gasteiger partial charge on any atom is -0.340 e. The summed E-state index contributed by atoms with van der Waals surface area (Å²) >= 11 is 0. The van der Waals surface area contributed by atoms with Crippen molar-refractivity contribution in [1.82, 2.24) is 20.4 Å². The van der Waals surface area contributed by atoms with Crippen molar-refractivity contribution in [2.45, 2.75) is 0 Å². The Kier molecular flexibility index (Phi) is 2.77. The highest BCUT2D eigenvalue weighted by Crippen LogP contribution is 2.03. The Bertz CT molecular complexity index is 467. The number of rotatable bonds is 3. The van der Waals surface area contributed by atoms with E-state index in [-0.39, 0.29) is 5.82 Å². The van der Waals surface area contributed by atoms with Gasteiger partial charge in [0.1, 0.15) is 0 Å². The molecule has 0 unspecified atom stereocenters. The number of anilines is 1. The fraction of sp³-hybridized carbons (Fsp3) is 0. The van der Waals surface area contributed by atoms with Gasteiger partial charge in [-0.3, -0.25) is 15.6 Å². The van der Waals surface area contributed by atoms with Gasteiger partial charge in [-0.25, -0.2) is 9.97 Å². The molecule has 0 bridgehead atoms. The van der Waals surface area contributed by atoms with Gasteiger partial charge in [0, 0.05) is 12.4 Å². The summed E-state index contributed by atoms with van der Waals surface area (Å²) in [5.74, 6) is -0.820. The predicted octanol–water partition coefficient (Wildman–Crippen LogP) is 0.701. The first-order chi connectivity index (χ1) is 7.75. The van der Waals surface area contributed by atoms with Crippen molar-refractivity contribution < 1.29 is 9.18 Å². The zero-order valence-electron chi connectivity index (χ0n) is 8.07. The normalized spacial score (nSPS) is 9.81. The second-order valence-electron chi connectivity index (χ2n) is 2.89. The van der Waals surface area contributed by atoms with E-state index >= 15 is 0 Å². The van der Waals surface area contributed by atoms with Gasteiger partial charge in [-0.1, -0.05) is 0 Å². The highest BCUT2D eigenvalue weighted by Gasteiger charge is 2.06. The summed E-state index contributed by atoms with van der Waals surface area (Å²) in [6.45, 7) is 0. The molecule has 7 heteroatoms. The highest BCUT2D eigenvalue weighted by atomic mass is 19.1. The molecule has 0 fully saturated rings. The van der Waals surface area contributed by atoms with Crippen LogP contribution in [-0.4, -0.2) is 20.9 Å². The molecule has 0 radical (unpaired) electrons. The van der Waals surface area contributed by atoms with Gasteiger partial charge in [0.15, 0.2) is 5.82 Å². The van der Waals surface area contributed by atoms with E-state index < -0.39 is 11.9 Å². The maximum atomic E-state index is 12.5. The van der Waals surface area contributed by atoms with Gasteiger partial charge in [0.05, 0.1) is 11.9 Å². The summed E-state index contributed by atoms with van der Waals surface area (Å²) in [5, 5.41) is 0. The largest absolute Gasteiger partial charge is 0.340 e. The first-order valence-electron chi connectivity index (χ1n) is 4.43. The van der Waals surface area contributed by atoms with Crippen molar-refractivity contribution in [3.8, 4) is 0 Å². The minimum absolute atomic E-state index is 0.183. The first kappa shape index (κ1) is 10.1. The van der Waals surface area contributed by atoms with Gasteiger partial charge in [-0.15, -0.1) is 0 Å². The second-order valence-corrected chi connectivity index (χ2v) is 2.89. The zero-order valence-corrected chi connectivity index (χ0v) is 8.07.